The van der Waals surface area contributed by atoms with E-state index in [0.717, 1.165) is 6.42 Å². The van der Waals surface area contributed by atoms with Gasteiger partial charge in [-0.25, -0.2) is 4.79 Å². The molecule has 0 aliphatic carbocycles. The van der Waals surface area contributed by atoms with Crippen molar-refractivity contribution in [3.8, 4) is 0 Å². The number of ketones is 1. The third-order valence-electron chi connectivity index (χ3n) is 3.66. The first-order valence-electron chi connectivity index (χ1n) is 8.12. The number of aromatic nitrogens is 2. The predicted octanol–water partition coefficient (Wildman–Crippen LogP) is 3.16. The van der Waals surface area contributed by atoms with Crippen molar-refractivity contribution in [2.45, 2.75) is 26.7 Å². The fraction of sp³-hybridized carbons (Fsp3) is 0.333. The summed E-state index contributed by atoms with van der Waals surface area (Å²) in [5.74, 6) is -1.14. The van der Waals surface area contributed by atoms with Gasteiger partial charge in [0.05, 0.1) is 5.69 Å². The molecule has 0 unspecified atom stereocenters. The Morgan fingerprint density at radius 2 is 1.88 bits per heavy atom. The number of hydrogen-bond donors (Lipinski definition) is 1. The van der Waals surface area contributed by atoms with E-state index in [2.05, 4.69) is 10.4 Å². The summed E-state index contributed by atoms with van der Waals surface area (Å²) in [5.41, 5.74) is 1.56. The van der Waals surface area contributed by atoms with Gasteiger partial charge in [0.1, 0.15) is 10.7 Å². The van der Waals surface area contributed by atoms with E-state index < -0.39 is 12.6 Å². The molecule has 2 aromatic rings. The zero-order valence-corrected chi connectivity index (χ0v) is 15.6. The number of rotatable bonds is 7. The minimum absolute atomic E-state index is 0.0794. The lowest BCUT2D eigenvalue weighted by Crippen LogP contribution is -2.15. The molecule has 8 heteroatoms. The summed E-state index contributed by atoms with van der Waals surface area (Å²) in [6, 6.07) is 6.40. The second-order valence-electron chi connectivity index (χ2n) is 5.75. The second kappa shape index (κ2) is 8.62. The van der Waals surface area contributed by atoms with E-state index in [-0.39, 0.29) is 22.4 Å². The van der Waals surface area contributed by atoms with E-state index in [1.807, 2.05) is 6.92 Å². The molecule has 0 radical (unpaired) electrons. The monoisotopic (exact) mass is 377 g/mol. The van der Waals surface area contributed by atoms with Crippen molar-refractivity contribution in [1.82, 2.24) is 9.78 Å². The number of amides is 1. The first-order chi connectivity index (χ1) is 12.3. The van der Waals surface area contributed by atoms with Crippen LogP contribution in [0.25, 0.3) is 0 Å². The molecule has 1 amide bonds. The SMILES string of the molecule is CCCC(=O)Nc1ccc(C(=O)COC(=O)c2c(C)nn(C)c2Cl)cc1. The maximum atomic E-state index is 12.2. The number of nitrogens with one attached hydrogen (secondary N) is 1. The number of aryl methyl sites for hydroxylation is 2. The fourth-order valence-corrected chi connectivity index (χ4v) is 2.59. The zero-order valence-electron chi connectivity index (χ0n) is 14.8. The van der Waals surface area contributed by atoms with Gasteiger partial charge in [-0.3, -0.25) is 14.3 Å². The Morgan fingerprint density at radius 1 is 1.23 bits per heavy atom. The Kier molecular flexibility index (Phi) is 6.52. The van der Waals surface area contributed by atoms with Crippen molar-refractivity contribution < 1.29 is 19.1 Å². The third-order valence-corrected chi connectivity index (χ3v) is 4.09. The van der Waals surface area contributed by atoms with Crippen molar-refractivity contribution in [2.75, 3.05) is 11.9 Å². The lowest BCUT2D eigenvalue weighted by atomic mass is 10.1. The number of Topliss-reactive ketones (excluding diaryl/α,β-unsaturated/α-hetero) is 1. The van der Waals surface area contributed by atoms with Crippen LogP contribution in [-0.4, -0.2) is 34.0 Å². The summed E-state index contributed by atoms with van der Waals surface area (Å²) in [4.78, 5) is 35.8. The molecule has 1 aromatic heterocycles. The summed E-state index contributed by atoms with van der Waals surface area (Å²) < 4.78 is 6.41. The molecule has 1 N–H and O–H groups in total. The topological polar surface area (TPSA) is 90.3 Å². The van der Waals surface area contributed by atoms with Gasteiger partial charge in [-0.05, 0) is 37.6 Å². The Labute approximate surface area is 156 Å². The largest absolute Gasteiger partial charge is 0.454 e. The van der Waals surface area contributed by atoms with Gasteiger partial charge in [-0.1, -0.05) is 18.5 Å². The van der Waals surface area contributed by atoms with Crippen molar-refractivity contribution in [2.24, 2.45) is 7.05 Å². The molecule has 138 valence electrons. The molecule has 0 aliphatic rings. The molecule has 0 fully saturated rings. The minimum Gasteiger partial charge on any atom is -0.454 e. The first kappa shape index (κ1) is 19.7. The average Bonchev–Trinajstić information content (AvgIpc) is 2.85. The smallest absolute Gasteiger partial charge is 0.343 e. The summed E-state index contributed by atoms with van der Waals surface area (Å²) in [7, 11) is 1.61. The maximum Gasteiger partial charge on any atom is 0.343 e. The summed E-state index contributed by atoms with van der Waals surface area (Å²) in [6.45, 7) is 3.14. The molecule has 0 aliphatic heterocycles. The average molecular weight is 378 g/mol. The van der Waals surface area contributed by atoms with Crippen LogP contribution in [0.1, 0.15) is 46.2 Å². The second-order valence-corrected chi connectivity index (χ2v) is 6.11. The van der Waals surface area contributed by atoms with E-state index in [0.29, 0.717) is 23.4 Å². The van der Waals surface area contributed by atoms with Crippen LogP contribution in [0.3, 0.4) is 0 Å². The maximum absolute atomic E-state index is 12.2. The van der Waals surface area contributed by atoms with E-state index in [9.17, 15) is 14.4 Å². The highest BCUT2D eigenvalue weighted by atomic mass is 35.5. The molecular formula is C18H20ClN3O4. The van der Waals surface area contributed by atoms with Gasteiger partial charge in [0.25, 0.3) is 0 Å². The Morgan fingerprint density at radius 3 is 2.42 bits per heavy atom. The van der Waals surface area contributed by atoms with Crippen LogP contribution < -0.4 is 5.32 Å². The normalized spacial score (nSPS) is 10.5. The van der Waals surface area contributed by atoms with Crippen LogP contribution >= 0.6 is 11.6 Å². The number of esters is 1. The molecule has 0 spiro atoms. The van der Waals surface area contributed by atoms with Gasteiger partial charge in [0.15, 0.2) is 12.4 Å². The van der Waals surface area contributed by atoms with Crippen LogP contribution in [0, 0.1) is 6.92 Å². The van der Waals surface area contributed by atoms with Crippen LogP contribution in [0.2, 0.25) is 5.15 Å². The van der Waals surface area contributed by atoms with Gasteiger partial charge in [-0.15, -0.1) is 0 Å². The van der Waals surface area contributed by atoms with E-state index >= 15 is 0 Å². The molecule has 0 bridgehead atoms. The van der Waals surface area contributed by atoms with Crippen molar-refractivity contribution >= 4 is 34.9 Å². The zero-order chi connectivity index (χ0) is 19.3. The number of hydrogen-bond acceptors (Lipinski definition) is 5. The summed E-state index contributed by atoms with van der Waals surface area (Å²) in [6.07, 6.45) is 1.20. The third kappa shape index (κ3) is 4.70. The van der Waals surface area contributed by atoms with Gasteiger partial charge in [-0.2, -0.15) is 5.10 Å². The van der Waals surface area contributed by atoms with Crippen LogP contribution in [0.15, 0.2) is 24.3 Å². The van der Waals surface area contributed by atoms with Crippen molar-refractivity contribution in [3.63, 3.8) is 0 Å². The number of carbonyl (C=O) groups is 3. The predicted molar refractivity (Wildman–Crippen MR) is 97.5 cm³/mol. The number of carbonyl (C=O) groups excluding carboxylic acids is 3. The number of benzene rings is 1. The number of nitrogens with zero attached hydrogens (tertiary/aromatic N) is 2. The molecule has 0 saturated heterocycles. The van der Waals surface area contributed by atoms with Crippen molar-refractivity contribution in [1.29, 1.82) is 0 Å². The number of halogens is 1. The molecule has 1 heterocycles. The Bertz CT molecular complexity index is 828. The van der Waals surface area contributed by atoms with E-state index in [1.54, 1.807) is 38.2 Å². The van der Waals surface area contributed by atoms with Gasteiger partial charge in [0.2, 0.25) is 5.91 Å². The highest BCUT2D eigenvalue weighted by Gasteiger charge is 2.21. The lowest BCUT2D eigenvalue weighted by Gasteiger charge is -2.07. The first-order valence-corrected chi connectivity index (χ1v) is 8.50. The van der Waals surface area contributed by atoms with E-state index in [1.165, 1.54) is 4.68 Å². The summed E-state index contributed by atoms with van der Waals surface area (Å²) in [5, 5.41) is 6.92. The fourth-order valence-electron chi connectivity index (χ4n) is 2.34. The number of anilines is 1. The van der Waals surface area contributed by atoms with Crippen LogP contribution in [0.4, 0.5) is 5.69 Å². The molecule has 2 rings (SSSR count). The molecule has 26 heavy (non-hydrogen) atoms. The van der Waals surface area contributed by atoms with E-state index in [4.69, 9.17) is 16.3 Å². The highest BCUT2D eigenvalue weighted by molar-refractivity contribution is 6.32. The highest BCUT2D eigenvalue weighted by Crippen LogP contribution is 2.19. The molecule has 7 nitrogen and oxygen atoms in total. The molecule has 0 atom stereocenters. The number of ether oxygens (including phenoxy) is 1. The van der Waals surface area contributed by atoms with Crippen LogP contribution in [0.5, 0.6) is 0 Å². The van der Waals surface area contributed by atoms with Gasteiger partial charge >= 0.3 is 5.97 Å². The molecule has 0 saturated carbocycles. The Hall–Kier alpha value is -2.67. The Balaban J connectivity index is 1.95. The molecule has 1 aromatic carbocycles. The standard InChI is InChI=1S/C18H20ClN3O4/c1-4-5-15(24)20-13-8-6-12(7-9-13)14(23)10-26-18(25)16-11(2)21-22(3)17(16)19/h6-9H,4-5,10H2,1-3H3,(H,20,24). The van der Waals surface area contributed by atoms with Gasteiger partial charge in [0, 0.05) is 24.7 Å². The molecular weight excluding hydrogens is 358 g/mol. The van der Waals surface area contributed by atoms with Crippen molar-refractivity contribution in [3.05, 3.63) is 46.2 Å². The lowest BCUT2D eigenvalue weighted by molar-refractivity contribution is -0.116. The van der Waals surface area contributed by atoms with Gasteiger partial charge < -0.3 is 10.1 Å². The summed E-state index contributed by atoms with van der Waals surface area (Å²) >= 11 is 6.00. The van der Waals surface area contributed by atoms with Crippen LogP contribution in [-0.2, 0) is 16.6 Å². The minimum atomic E-state index is -0.697. The quantitative estimate of drug-likeness (QED) is 0.591.